The van der Waals surface area contributed by atoms with Gasteiger partial charge in [-0.2, -0.15) is 0 Å². The maximum atomic E-state index is 6.35. The molecule has 110 valence electrons. The molecule has 0 aliphatic rings. The third kappa shape index (κ3) is 2.62. The van der Waals surface area contributed by atoms with E-state index in [9.17, 15) is 0 Å². The van der Waals surface area contributed by atoms with Gasteiger partial charge in [-0.3, -0.25) is 4.98 Å². The third-order valence-electron chi connectivity index (χ3n) is 3.36. The Balaban J connectivity index is 0.00000161. The number of halogens is 2. The first-order valence-corrected chi connectivity index (χ1v) is 6.51. The molecule has 0 radical (unpaired) electrons. The number of pyridine rings is 1. The van der Waals surface area contributed by atoms with Gasteiger partial charge in [-0.25, -0.2) is 4.98 Å². The van der Waals surface area contributed by atoms with Gasteiger partial charge in [0.2, 0.25) is 5.95 Å². The van der Waals surface area contributed by atoms with Crippen molar-refractivity contribution in [3.63, 3.8) is 0 Å². The lowest BCUT2D eigenvalue weighted by atomic mass is 10.2. The molecule has 2 N–H and O–H groups in total. The predicted octanol–water partition coefficient (Wildman–Crippen LogP) is 3.39. The maximum absolute atomic E-state index is 6.35. The Morgan fingerprint density at radius 3 is 2.71 bits per heavy atom. The molecule has 21 heavy (non-hydrogen) atoms. The van der Waals surface area contributed by atoms with Gasteiger partial charge in [0.15, 0.2) is 0 Å². The van der Waals surface area contributed by atoms with Crippen LogP contribution in [0.4, 0.5) is 17.3 Å². The number of fused-ring (bicyclic) bond motifs is 1. The second kappa shape index (κ2) is 5.79. The molecular weight excluding hydrogens is 309 g/mol. The summed E-state index contributed by atoms with van der Waals surface area (Å²) in [6.07, 6.45) is 3.54. The molecule has 0 aliphatic heterocycles. The number of nitrogen functional groups attached to an aromatic ring is 1. The summed E-state index contributed by atoms with van der Waals surface area (Å²) in [5.74, 6) is 0.447. The van der Waals surface area contributed by atoms with E-state index in [0.717, 1.165) is 22.4 Å². The van der Waals surface area contributed by atoms with Crippen molar-refractivity contribution in [3.8, 4) is 0 Å². The predicted molar refractivity (Wildman–Crippen MR) is 89.7 cm³/mol. The first kappa shape index (κ1) is 15.4. The van der Waals surface area contributed by atoms with E-state index >= 15 is 0 Å². The zero-order valence-corrected chi connectivity index (χ0v) is 13.2. The lowest BCUT2D eigenvalue weighted by Crippen LogP contribution is -2.09. The topological polar surface area (TPSA) is 60.0 Å². The first-order chi connectivity index (χ1) is 9.58. The minimum Gasteiger partial charge on any atom is -0.369 e. The Hall–Kier alpha value is -1.98. The van der Waals surface area contributed by atoms with Crippen LogP contribution in [0.25, 0.3) is 11.0 Å². The highest BCUT2D eigenvalue weighted by Gasteiger charge is 2.13. The maximum Gasteiger partial charge on any atom is 0.200 e. The molecule has 0 saturated heterocycles. The molecule has 5 nitrogen and oxygen atoms in total. The summed E-state index contributed by atoms with van der Waals surface area (Å²) in [5, 5.41) is 0.625. The Morgan fingerprint density at radius 2 is 2.05 bits per heavy atom. The number of hydrogen-bond donors (Lipinski definition) is 1. The van der Waals surface area contributed by atoms with Gasteiger partial charge < -0.3 is 15.2 Å². The summed E-state index contributed by atoms with van der Waals surface area (Å²) in [4.78, 5) is 10.4. The first-order valence-electron chi connectivity index (χ1n) is 6.13. The fourth-order valence-corrected chi connectivity index (χ4v) is 2.53. The Kier molecular flexibility index (Phi) is 4.25. The molecule has 0 bridgehead atoms. The Morgan fingerprint density at radius 1 is 1.29 bits per heavy atom. The molecule has 0 atom stereocenters. The fraction of sp³-hybridized carbons (Fsp3) is 0.143. The van der Waals surface area contributed by atoms with Crippen molar-refractivity contribution in [2.24, 2.45) is 7.05 Å². The lowest BCUT2D eigenvalue weighted by Gasteiger charge is -2.19. The van der Waals surface area contributed by atoms with Gasteiger partial charge in [0.05, 0.1) is 27.9 Å². The zero-order valence-electron chi connectivity index (χ0n) is 11.6. The Bertz CT molecular complexity index is 770. The fourth-order valence-electron chi connectivity index (χ4n) is 2.20. The third-order valence-corrected chi connectivity index (χ3v) is 3.65. The number of rotatable bonds is 2. The molecule has 3 rings (SSSR count). The van der Waals surface area contributed by atoms with Crippen molar-refractivity contribution in [3.05, 3.63) is 41.7 Å². The molecule has 7 heteroatoms. The van der Waals surface area contributed by atoms with Gasteiger partial charge in [0.1, 0.15) is 0 Å². The summed E-state index contributed by atoms with van der Waals surface area (Å²) in [5.41, 5.74) is 9.37. The van der Waals surface area contributed by atoms with Gasteiger partial charge >= 0.3 is 0 Å². The lowest BCUT2D eigenvalue weighted by molar-refractivity contribution is 0.965. The quantitative estimate of drug-likeness (QED) is 0.785. The molecule has 0 saturated carbocycles. The van der Waals surface area contributed by atoms with Crippen LogP contribution < -0.4 is 10.6 Å². The highest BCUT2D eigenvalue weighted by Crippen LogP contribution is 2.32. The number of aryl methyl sites for hydroxylation is 1. The van der Waals surface area contributed by atoms with Gasteiger partial charge in [-0.05, 0) is 24.3 Å². The van der Waals surface area contributed by atoms with Gasteiger partial charge in [-0.15, -0.1) is 12.4 Å². The standard InChI is InChI=1S/C14H14ClN5.ClH/c1-19(9-4-3-5-17-8-9)10-6-11(15)13-12(7-10)18-14(16)20(13)2;/h3-8H,1-2H3,(H2,16,18);1H. The molecule has 2 aromatic heterocycles. The molecule has 0 unspecified atom stereocenters. The van der Waals surface area contributed by atoms with E-state index in [-0.39, 0.29) is 12.4 Å². The molecule has 0 spiro atoms. The molecule has 0 fully saturated rings. The number of hydrogen-bond acceptors (Lipinski definition) is 4. The van der Waals surface area contributed by atoms with Gasteiger partial charge in [-0.1, -0.05) is 11.6 Å². The number of nitrogens with two attached hydrogens (primary N) is 1. The van der Waals surface area contributed by atoms with Gasteiger partial charge in [0.25, 0.3) is 0 Å². The minimum atomic E-state index is 0. The number of imidazole rings is 1. The molecule has 0 amide bonds. The van der Waals surface area contributed by atoms with Crippen molar-refractivity contribution in [2.45, 2.75) is 0 Å². The summed E-state index contributed by atoms with van der Waals surface area (Å²) >= 11 is 6.35. The molecular formula is C14H15Cl2N5. The van der Waals surface area contributed by atoms with Crippen LogP contribution in [-0.4, -0.2) is 21.6 Å². The average molecular weight is 324 g/mol. The van der Waals surface area contributed by atoms with Crippen LogP contribution in [0.3, 0.4) is 0 Å². The molecule has 3 aromatic rings. The second-order valence-corrected chi connectivity index (χ2v) is 5.00. The summed E-state index contributed by atoms with van der Waals surface area (Å²) < 4.78 is 1.78. The SMILES string of the molecule is CN(c1cccnc1)c1cc(Cl)c2c(c1)nc(N)n2C.Cl. The van der Waals surface area contributed by atoms with Crippen LogP contribution in [-0.2, 0) is 7.05 Å². The van der Waals surface area contributed by atoms with Crippen molar-refractivity contribution < 1.29 is 0 Å². The highest BCUT2D eigenvalue weighted by atomic mass is 35.5. The number of anilines is 3. The highest BCUT2D eigenvalue weighted by molar-refractivity contribution is 6.35. The van der Waals surface area contributed by atoms with Crippen molar-refractivity contribution in [1.29, 1.82) is 0 Å². The van der Waals surface area contributed by atoms with E-state index in [1.807, 2.05) is 43.3 Å². The smallest absolute Gasteiger partial charge is 0.200 e. The van der Waals surface area contributed by atoms with Crippen LogP contribution in [0.1, 0.15) is 0 Å². The van der Waals surface area contributed by atoms with Crippen LogP contribution >= 0.6 is 24.0 Å². The number of nitrogens with zero attached hydrogens (tertiary/aromatic N) is 4. The Labute approximate surface area is 133 Å². The normalized spacial score (nSPS) is 10.4. The molecule has 0 aliphatic carbocycles. The van der Waals surface area contributed by atoms with Gasteiger partial charge in [0, 0.05) is 26.0 Å². The van der Waals surface area contributed by atoms with E-state index in [1.165, 1.54) is 0 Å². The number of aromatic nitrogens is 3. The van der Waals surface area contributed by atoms with Crippen LogP contribution in [0.2, 0.25) is 5.02 Å². The minimum absolute atomic E-state index is 0. The van der Waals surface area contributed by atoms with E-state index in [1.54, 1.807) is 17.0 Å². The second-order valence-electron chi connectivity index (χ2n) is 4.59. The van der Waals surface area contributed by atoms with E-state index in [4.69, 9.17) is 17.3 Å². The van der Waals surface area contributed by atoms with Crippen molar-refractivity contribution in [1.82, 2.24) is 14.5 Å². The average Bonchev–Trinajstić information content (AvgIpc) is 2.74. The van der Waals surface area contributed by atoms with Crippen LogP contribution in [0.15, 0.2) is 36.7 Å². The molecule has 1 aromatic carbocycles. The van der Waals surface area contributed by atoms with E-state index < -0.39 is 0 Å². The summed E-state index contributed by atoms with van der Waals surface area (Å²) in [7, 11) is 3.81. The van der Waals surface area contributed by atoms with Crippen LogP contribution in [0, 0.1) is 0 Å². The largest absolute Gasteiger partial charge is 0.369 e. The zero-order chi connectivity index (χ0) is 14.3. The summed E-state index contributed by atoms with van der Waals surface area (Å²) in [6.45, 7) is 0. The monoisotopic (exact) mass is 323 g/mol. The number of benzene rings is 1. The van der Waals surface area contributed by atoms with Crippen LogP contribution in [0.5, 0.6) is 0 Å². The molecule has 2 heterocycles. The van der Waals surface area contributed by atoms with E-state index in [0.29, 0.717) is 11.0 Å². The van der Waals surface area contributed by atoms with Crippen molar-refractivity contribution >= 4 is 52.4 Å². The van der Waals surface area contributed by atoms with E-state index in [2.05, 4.69) is 9.97 Å². The van der Waals surface area contributed by atoms with Crippen molar-refractivity contribution in [2.75, 3.05) is 17.7 Å². The summed E-state index contributed by atoms with van der Waals surface area (Å²) in [6, 6.07) is 7.74.